The van der Waals surface area contributed by atoms with E-state index in [0.717, 1.165) is 52.3 Å². The molecule has 2 aliphatic heterocycles. The van der Waals surface area contributed by atoms with Gasteiger partial charge in [-0.25, -0.2) is 9.97 Å². The number of hydrogen-bond donors (Lipinski definition) is 1. The van der Waals surface area contributed by atoms with Gasteiger partial charge < -0.3 is 15.5 Å². The predicted molar refractivity (Wildman–Crippen MR) is 171 cm³/mol. The number of halogens is 2. The Balaban J connectivity index is 1.25. The zero-order chi connectivity index (χ0) is 28.8. The molecule has 2 unspecified atom stereocenters. The fourth-order valence-electron chi connectivity index (χ4n) is 6.32. The molecule has 2 aromatic carbocycles. The fourth-order valence-corrected chi connectivity index (χ4v) is 6.72. The molecule has 0 saturated carbocycles. The molecule has 0 radical (unpaired) electrons. The van der Waals surface area contributed by atoms with E-state index in [2.05, 4.69) is 46.1 Å². The third-order valence-electron chi connectivity index (χ3n) is 8.45. The van der Waals surface area contributed by atoms with Crippen LogP contribution in [0.25, 0.3) is 33.5 Å². The average molecular weight is 597 g/mol. The quantitative estimate of drug-likeness (QED) is 0.234. The Morgan fingerprint density at radius 2 is 1.69 bits per heavy atom. The summed E-state index contributed by atoms with van der Waals surface area (Å²) in [5.41, 5.74) is 12.6. The molecule has 2 atom stereocenters. The molecule has 7 nitrogen and oxygen atoms in total. The van der Waals surface area contributed by atoms with Crippen LogP contribution in [0.15, 0.2) is 85.3 Å². The Bertz CT molecular complexity index is 1730. The van der Waals surface area contributed by atoms with Crippen molar-refractivity contribution in [2.45, 2.75) is 19.0 Å². The molecule has 0 aliphatic carbocycles. The number of pyridine rings is 2. The van der Waals surface area contributed by atoms with Crippen molar-refractivity contribution in [3.63, 3.8) is 0 Å². The number of likely N-dealkylation sites (N-methyl/N-ethyl adjacent to an activating group) is 1. The summed E-state index contributed by atoms with van der Waals surface area (Å²) in [6.45, 7) is 3.84. The van der Waals surface area contributed by atoms with Crippen LogP contribution < -0.4 is 10.6 Å². The van der Waals surface area contributed by atoms with Crippen LogP contribution in [0.2, 0.25) is 10.0 Å². The number of rotatable bonds is 6. The van der Waals surface area contributed by atoms with E-state index >= 15 is 0 Å². The molecule has 0 spiro atoms. The van der Waals surface area contributed by atoms with E-state index in [0.29, 0.717) is 40.1 Å². The van der Waals surface area contributed by atoms with Gasteiger partial charge in [0.2, 0.25) is 0 Å². The van der Waals surface area contributed by atoms with Gasteiger partial charge in [-0.3, -0.25) is 4.68 Å². The summed E-state index contributed by atoms with van der Waals surface area (Å²) in [5.74, 6) is 2.12. The minimum absolute atomic E-state index is 0.389. The topological polar surface area (TPSA) is 76.1 Å². The molecule has 212 valence electrons. The van der Waals surface area contributed by atoms with E-state index in [1.165, 1.54) is 13.0 Å². The minimum Gasteiger partial charge on any atom is -0.383 e. The van der Waals surface area contributed by atoms with Gasteiger partial charge in [0, 0.05) is 72.1 Å². The average Bonchev–Trinajstić information content (AvgIpc) is 3.53. The Hall–Kier alpha value is -3.91. The number of nitrogens with two attached hydrogens (primary N) is 1. The summed E-state index contributed by atoms with van der Waals surface area (Å²) >= 11 is 13.1. The summed E-state index contributed by atoms with van der Waals surface area (Å²) in [6.07, 6.45) is 6.99. The van der Waals surface area contributed by atoms with Crippen molar-refractivity contribution >= 4 is 34.8 Å². The smallest absolute Gasteiger partial charge is 0.132 e. The number of hydrogen-bond acceptors (Lipinski definition) is 6. The SMILES string of the molecule is CN1CC2CC1CN(c1ccc(-c3cnc(N)c(-c4nn(Cc5ccccc5)cc4-c4cccc(Cl)c4Cl)c3)cn1)C2. The van der Waals surface area contributed by atoms with Gasteiger partial charge in [0.15, 0.2) is 0 Å². The third-order valence-corrected chi connectivity index (χ3v) is 9.27. The summed E-state index contributed by atoms with van der Waals surface area (Å²) in [7, 11) is 2.23. The first kappa shape index (κ1) is 27.0. The van der Waals surface area contributed by atoms with Gasteiger partial charge >= 0.3 is 0 Å². The molecule has 2 aliphatic rings. The Labute approximate surface area is 255 Å². The molecule has 5 heterocycles. The number of nitrogen functional groups attached to an aromatic ring is 1. The molecule has 0 amide bonds. The van der Waals surface area contributed by atoms with E-state index < -0.39 is 0 Å². The van der Waals surface area contributed by atoms with E-state index in [1.807, 2.05) is 53.5 Å². The lowest BCUT2D eigenvalue weighted by Crippen LogP contribution is -2.41. The molecule has 2 N–H and O–H groups in total. The standard InChI is InChI=1S/C33H31Cl2N7/c1-40-16-22-12-25(40)19-41(17-22)30-11-10-23(14-37-30)24-13-27(33(36)38-15-24)32-28(26-8-5-9-29(34)31(26)35)20-42(39-32)18-21-6-3-2-4-7-21/h2-11,13-15,20,22,25H,12,16-19H2,1H3,(H2,36,38). The normalized spacial score (nSPS) is 18.5. The highest BCUT2D eigenvalue weighted by atomic mass is 35.5. The second-order valence-corrected chi connectivity index (χ2v) is 12.1. The van der Waals surface area contributed by atoms with Crippen molar-refractivity contribution in [1.82, 2.24) is 24.6 Å². The highest BCUT2D eigenvalue weighted by Crippen LogP contribution is 2.41. The second-order valence-electron chi connectivity index (χ2n) is 11.3. The first-order valence-electron chi connectivity index (χ1n) is 14.2. The number of anilines is 2. The summed E-state index contributed by atoms with van der Waals surface area (Å²) < 4.78 is 1.91. The van der Waals surface area contributed by atoms with Gasteiger partial charge in [0.25, 0.3) is 0 Å². The van der Waals surface area contributed by atoms with Crippen LogP contribution in [0.4, 0.5) is 11.6 Å². The molecular weight excluding hydrogens is 565 g/mol. The highest BCUT2D eigenvalue weighted by molar-refractivity contribution is 6.43. The van der Waals surface area contributed by atoms with Crippen LogP contribution in [0.3, 0.4) is 0 Å². The Morgan fingerprint density at radius 1 is 0.857 bits per heavy atom. The van der Waals surface area contributed by atoms with Gasteiger partial charge in [-0.05, 0) is 49.2 Å². The van der Waals surface area contributed by atoms with Gasteiger partial charge in [0.1, 0.15) is 17.3 Å². The molecule has 2 bridgehead atoms. The summed E-state index contributed by atoms with van der Waals surface area (Å²) in [4.78, 5) is 14.3. The van der Waals surface area contributed by atoms with Crippen LogP contribution in [0.5, 0.6) is 0 Å². The van der Waals surface area contributed by atoms with Crippen LogP contribution in [-0.2, 0) is 6.54 Å². The lowest BCUT2D eigenvalue weighted by atomic mass is 9.99. The van der Waals surface area contributed by atoms with Gasteiger partial charge in [-0.1, -0.05) is 65.7 Å². The molecule has 3 aromatic heterocycles. The third kappa shape index (κ3) is 5.13. The van der Waals surface area contributed by atoms with E-state index in [4.69, 9.17) is 39.0 Å². The monoisotopic (exact) mass is 595 g/mol. The van der Waals surface area contributed by atoms with E-state index in [9.17, 15) is 0 Å². The molecule has 2 saturated heterocycles. The van der Waals surface area contributed by atoms with Gasteiger partial charge in [0.05, 0.1) is 16.6 Å². The maximum atomic E-state index is 6.70. The van der Waals surface area contributed by atoms with Crippen molar-refractivity contribution in [3.05, 3.63) is 101 Å². The molecule has 5 aromatic rings. The largest absolute Gasteiger partial charge is 0.383 e. The zero-order valence-corrected chi connectivity index (χ0v) is 24.8. The van der Waals surface area contributed by atoms with E-state index in [-0.39, 0.29) is 0 Å². The number of nitrogens with zero attached hydrogens (tertiary/aromatic N) is 6. The van der Waals surface area contributed by atoms with E-state index in [1.54, 1.807) is 12.3 Å². The lowest BCUT2D eigenvalue weighted by Gasteiger charge is -2.33. The van der Waals surface area contributed by atoms with Crippen LogP contribution in [-0.4, -0.2) is 57.4 Å². The molecule has 7 rings (SSSR count). The lowest BCUT2D eigenvalue weighted by molar-refractivity contribution is 0.317. The van der Waals surface area contributed by atoms with Crippen molar-refractivity contribution in [2.24, 2.45) is 5.92 Å². The number of aromatic nitrogens is 4. The first-order chi connectivity index (χ1) is 20.4. The number of piperidine rings is 1. The summed E-state index contributed by atoms with van der Waals surface area (Å²) in [6, 6.07) is 22.7. The molecule has 9 heteroatoms. The number of benzene rings is 2. The van der Waals surface area contributed by atoms with Crippen molar-refractivity contribution in [1.29, 1.82) is 0 Å². The van der Waals surface area contributed by atoms with Gasteiger partial charge in [-0.15, -0.1) is 0 Å². The summed E-state index contributed by atoms with van der Waals surface area (Å²) in [5, 5.41) is 5.94. The first-order valence-corrected chi connectivity index (χ1v) is 14.9. The van der Waals surface area contributed by atoms with Crippen LogP contribution >= 0.6 is 23.2 Å². The molecule has 2 fully saturated rings. The predicted octanol–water partition coefficient (Wildman–Crippen LogP) is 6.75. The molecule has 42 heavy (non-hydrogen) atoms. The Morgan fingerprint density at radius 3 is 2.48 bits per heavy atom. The van der Waals surface area contributed by atoms with Gasteiger partial charge in [-0.2, -0.15) is 5.10 Å². The number of fused-ring (bicyclic) bond motifs is 2. The van der Waals surface area contributed by atoms with Crippen molar-refractivity contribution < 1.29 is 0 Å². The van der Waals surface area contributed by atoms with Crippen molar-refractivity contribution in [2.75, 3.05) is 37.3 Å². The maximum Gasteiger partial charge on any atom is 0.132 e. The Kier molecular flexibility index (Phi) is 7.10. The maximum absolute atomic E-state index is 6.70. The number of likely N-dealkylation sites (tertiary alicyclic amines) is 1. The molecular formula is C33H31Cl2N7. The second kappa shape index (κ2) is 11.1. The minimum atomic E-state index is 0.389. The highest BCUT2D eigenvalue weighted by Gasteiger charge is 2.36. The fraction of sp³-hybridized carbons (Fsp3) is 0.242. The zero-order valence-electron chi connectivity index (χ0n) is 23.3. The van der Waals surface area contributed by atoms with Crippen LogP contribution in [0, 0.1) is 5.92 Å². The van der Waals surface area contributed by atoms with Crippen molar-refractivity contribution in [3.8, 4) is 33.5 Å². The van der Waals surface area contributed by atoms with Crippen LogP contribution in [0.1, 0.15) is 12.0 Å².